The Morgan fingerprint density at radius 1 is 1.03 bits per heavy atom. The van der Waals surface area contributed by atoms with Crippen LogP contribution in [0.3, 0.4) is 0 Å². The van der Waals surface area contributed by atoms with Crippen molar-refractivity contribution in [3.63, 3.8) is 0 Å². The van der Waals surface area contributed by atoms with Crippen molar-refractivity contribution in [1.82, 2.24) is 20.2 Å². The van der Waals surface area contributed by atoms with Crippen LogP contribution in [-0.4, -0.2) is 45.8 Å². The molecular weight excluding hydrogens is 420 g/mol. The fourth-order valence-corrected chi connectivity index (χ4v) is 5.80. The number of benzene rings is 1. The fraction of sp³-hybridized carbons (Fsp3) is 0.360. The topological polar surface area (TPSA) is 75.2 Å². The third-order valence-corrected chi connectivity index (χ3v) is 7.61. The summed E-state index contributed by atoms with van der Waals surface area (Å²) in [6, 6.07) is 11.8. The number of carbonyl (C=O) groups is 2. The highest BCUT2D eigenvalue weighted by Gasteiger charge is 2.36. The number of nitrogens with zero attached hydrogens (tertiary/aromatic N) is 3. The summed E-state index contributed by atoms with van der Waals surface area (Å²) in [6.07, 6.45) is 10.7. The second-order valence-corrected chi connectivity index (χ2v) is 9.55. The van der Waals surface area contributed by atoms with Crippen LogP contribution < -0.4 is 5.32 Å². The van der Waals surface area contributed by atoms with Crippen LogP contribution in [0.5, 0.6) is 0 Å². The van der Waals surface area contributed by atoms with Crippen molar-refractivity contribution in [2.24, 2.45) is 5.92 Å². The summed E-state index contributed by atoms with van der Waals surface area (Å²) in [5.41, 5.74) is 1.58. The summed E-state index contributed by atoms with van der Waals surface area (Å²) in [6.45, 7) is 1.34. The molecule has 1 aromatic carbocycles. The lowest BCUT2D eigenvalue weighted by atomic mass is 9.82. The predicted molar refractivity (Wildman–Crippen MR) is 126 cm³/mol. The van der Waals surface area contributed by atoms with E-state index >= 15 is 0 Å². The zero-order valence-electron chi connectivity index (χ0n) is 17.8. The van der Waals surface area contributed by atoms with Gasteiger partial charge in [0, 0.05) is 37.4 Å². The minimum atomic E-state index is -0.101. The average molecular weight is 447 g/mol. The number of hydrogen-bond acceptors (Lipinski definition) is 5. The van der Waals surface area contributed by atoms with Crippen molar-refractivity contribution in [3.8, 4) is 0 Å². The first-order valence-electron chi connectivity index (χ1n) is 11.2. The molecule has 0 bridgehead atoms. The number of carbonyl (C=O) groups excluding carboxylic acids is 2. The van der Waals surface area contributed by atoms with E-state index in [2.05, 4.69) is 28.5 Å². The van der Waals surface area contributed by atoms with Gasteiger partial charge in [-0.3, -0.25) is 14.6 Å². The molecule has 3 heterocycles. The number of likely N-dealkylation sites (tertiary alicyclic amines) is 1. The Kier molecular flexibility index (Phi) is 5.99. The van der Waals surface area contributed by atoms with Gasteiger partial charge in [0.2, 0.25) is 5.91 Å². The van der Waals surface area contributed by atoms with Gasteiger partial charge in [-0.1, -0.05) is 24.3 Å². The number of aromatic nitrogens is 2. The molecule has 32 heavy (non-hydrogen) atoms. The molecule has 0 saturated carbocycles. The van der Waals surface area contributed by atoms with Gasteiger partial charge in [-0.2, -0.15) is 0 Å². The van der Waals surface area contributed by atoms with Crippen LogP contribution in [0.15, 0.2) is 60.9 Å². The number of para-hydroxylation sites is 1. The maximum absolute atomic E-state index is 13.5. The Bertz CT molecular complexity index is 1100. The molecule has 2 amide bonds. The third kappa shape index (κ3) is 4.30. The third-order valence-electron chi connectivity index (χ3n) is 6.44. The van der Waals surface area contributed by atoms with Gasteiger partial charge < -0.3 is 10.2 Å². The Hall–Kier alpha value is -3.06. The second kappa shape index (κ2) is 9.20. The van der Waals surface area contributed by atoms with E-state index in [0.717, 1.165) is 36.2 Å². The maximum Gasteiger partial charge on any atom is 0.253 e. The number of fused-ring (bicyclic) bond motifs is 1. The smallest absolute Gasteiger partial charge is 0.253 e. The molecule has 1 aliphatic carbocycles. The highest BCUT2D eigenvalue weighted by Crippen LogP contribution is 2.39. The maximum atomic E-state index is 13.5. The normalized spacial score (nSPS) is 21.6. The Balaban J connectivity index is 1.23. The van der Waals surface area contributed by atoms with E-state index in [1.165, 1.54) is 4.70 Å². The Morgan fingerprint density at radius 3 is 2.62 bits per heavy atom. The molecule has 3 aromatic rings. The molecule has 2 unspecified atom stereocenters. The number of piperidine rings is 1. The van der Waals surface area contributed by atoms with Crippen LogP contribution in [0, 0.1) is 5.92 Å². The summed E-state index contributed by atoms with van der Waals surface area (Å²) < 4.78 is 1.17. The molecule has 6 nitrogen and oxygen atoms in total. The summed E-state index contributed by atoms with van der Waals surface area (Å²) in [4.78, 5) is 36.7. The quantitative estimate of drug-likeness (QED) is 0.611. The first-order valence-corrected chi connectivity index (χ1v) is 12.0. The predicted octanol–water partition coefficient (Wildman–Crippen LogP) is 4.16. The fourth-order valence-electron chi connectivity index (χ4n) is 4.65. The van der Waals surface area contributed by atoms with Crippen molar-refractivity contribution in [1.29, 1.82) is 0 Å². The number of amides is 2. The van der Waals surface area contributed by atoms with E-state index < -0.39 is 0 Å². The van der Waals surface area contributed by atoms with E-state index in [9.17, 15) is 9.59 Å². The van der Waals surface area contributed by atoms with Gasteiger partial charge in [0.1, 0.15) is 0 Å². The lowest BCUT2D eigenvalue weighted by Crippen LogP contribution is -2.48. The van der Waals surface area contributed by atoms with Crippen LogP contribution in [-0.2, 0) is 4.79 Å². The Labute approximate surface area is 191 Å². The number of thiazole rings is 1. The van der Waals surface area contributed by atoms with E-state index in [1.807, 2.05) is 23.1 Å². The van der Waals surface area contributed by atoms with Crippen LogP contribution in [0.25, 0.3) is 10.2 Å². The minimum Gasteiger partial charge on any atom is -0.349 e. The van der Waals surface area contributed by atoms with Crippen LogP contribution in [0.1, 0.15) is 47.0 Å². The first-order chi connectivity index (χ1) is 15.7. The summed E-state index contributed by atoms with van der Waals surface area (Å²) in [5, 5.41) is 4.15. The van der Waals surface area contributed by atoms with Crippen LogP contribution in [0.2, 0.25) is 0 Å². The van der Waals surface area contributed by atoms with E-state index in [1.54, 1.807) is 35.9 Å². The lowest BCUT2D eigenvalue weighted by molar-refractivity contribution is -0.137. The van der Waals surface area contributed by atoms with E-state index in [4.69, 9.17) is 4.98 Å². The van der Waals surface area contributed by atoms with Gasteiger partial charge in [0.05, 0.1) is 26.7 Å². The average Bonchev–Trinajstić information content (AvgIpc) is 3.29. The summed E-state index contributed by atoms with van der Waals surface area (Å²) in [5.74, 6) is 0.182. The van der Waals surface area contributed by atoms with Gasteiger partial charge in [0.15, 0.2) is 0 Å². The van der Waals surface area contributed by atoms with Crippen molar-refractivity contribution < 1.29 is 9.59 Å². The van der Waals surface area contributed by atoms with Crippen LogP contribution in [0.4, 0.5) is 0 Å². The van der Waals surface area contributed by atoms with Crippen molar-refractivity contribution in [3.05, 3.63) is 71.5 Å². The van der Waals surface area contributed by atoms with Crippen molar-refractivity contribution in [2.75, 3.05) is 13.1 Å². The SMILES string of the molecule is O=C(NC1CCN(C(=O)C2CC=CCC2c2nc3ccccc3s2)CC1)c1cccnc1. The van der Waals surface area contributed by atoms with Crippen LogP contribution >= 0.6 is 11.3 Å². The molecule has 164 valence electrons. The zero-order valence-corrected chi connectivity index (χ0v) is 18.6. The molecule has 5 rings (SSSR count). The number of nitrogens with one attached hydrogen (secondary N) is 1. The number of rotatable bonds is 4. The minimum absolute atomic E-state index is 0.0675. The molecular formula is C25H26N4O2S. The summed E-state index contributed by atoms with van der Waals surface area (Å²) in [7, 11) is 0. The molecule has 7 heteroatoms. The molecule has 2 aromatic heterocycles. The first kappa shape index (κ1) is 20.8. The molecule has 1 saturated heterocycles. The van der Waals surface area contributed by atoms with Gasteiger partial charge in [0.25, 0.3) is 5.91 Å². The molecule has 2 atom stereocenters. The van der Waals surface area contributed by atoms with Crippen molar-refractivity contribution in [2.45, 2.75) is 37.6 Å². The molecule has 2 aliphatic rings. The van der Waals surface area contributed by atoms with Gasteiger partial charge >= 0.3 is 0 Å². The molecule has 0 radical (unpaired) electrons. The van der Waals surface area contributed by atoms with Gasteiger partial charge in [-0.15, -0.1) is 11.3 Å². The van der Waals surface area contributed by atoms with Gasteiger partial charge in [-0.05, 0) is 49.9 Å². The second-order valence-electron chi connectivity index (χ2n) is 8.49. The van der Waals surface area contributed by atoms with E-state index in [0.29, 0.717) is 18.7 Å². The highest BCUT2D eigenvalue weighted by molar-refractivity contribution is 7.18. The summed E-state index contributed by atoms with van der Waals surface area (Å²) >= 11 is 1.71. The molecule has 1 aliphatic heterocycles. The largest absolute Gasteiger partial charge is 0.349 e. The zero-order chi connectivity index (χ0) is 21.9. The Morgan fingerprint density at radius 2 is 1.84 bits per heavy atom. The lowest BCUT2D eigenvalue weighted by Gasteiger charge is -2.36. The number of allylic oxidation sites excluding steroid dienone is 2. The van der Waals surface area contributed by atoms with E-state index in [-0.39, 0.29) is 29.7 Å². The monoisotopic (exact) mass is 446 g/mol. The number of pyridine rings is 1. The standard InChI is InChI=1S/C25H26N4O2S/c30-23(17-6-5-13-26-16-17)27-18-11-14-29(15-12-18)25(31)20-8-2-1-7-19(20)24-28-21-9-3-4-10-22(21)32-24/h1-6,9-10,13,16,18-20H,7-8,11-12,14-15H2,(H,27,30). The highest BCUT2D eigenvalue weighted by atomic mass is 32.1. The molecule has 1 N–H and O–H groups in total. The number of hydrogen-bond donors (Lipinski definition) is 1. The van der Waals surface area contributed by atoms with Gasteiger partial charge in [-0.25, -0.2) is 4.98 Å². The molecule has 1 fully saturated rings. The van der Waals surface area contributed by atoms with Crippen molar-refractivity contribution >= 4 is 33.4 Å². The molecule has 0 spiro atoms.